The molecular formula is C23H22ClN5O4. The summed E-state index contributed by atoms with van der Waals surface area (Å²) in [4.78, 5) is 11.0. The predicted octanol–water partition coefficient (Wildman–Crippen LogP) is 4.11. The van der Waals surface area contributed by atoms with Crippen molar-refractivity contribution in [2.24, 2.45) is 0 Å². The summed E-state index contributed by atoms with van der Waals surface area (Å²) in [5.74, 6) is 1.89. The van der Waals surface area contributed by atoms with E-state index < -0.39 is 0 Å². The first-order chi connectivity index (χ1) is 16.2. The molecule has 2 aromatic heterocycles. The van der Waals surface area contributed by atoms with Gasteiger partial charge in [-0.25, -0.2) is 4.98 Å². The molecule has 2 aliphatic rings. The molecule has 1 aromatic carbocycles. The van der Waals surface area contributed by atoms with Crippen molar-refractivity contribution in [2.75, 3.05) is 45.5 Å². The molecule has 0 amide bonds. The zero-order valence-electron chi connectivity index (χ0n) is 18.1. The Morgan fingerprint density at radius 3 is 2.79 bits per heavy atom. The molecule has 0 bridgehead atoms. The summed E-state index contributed by atoms with van der Waals surface area (Å²) < 4.78 is 22.5. The van der Waals surface area contributed by atoms with Crippen LogP contribution in [0.2, 0.25) is 5.02 Å². The number of benzene rings is 1. The van der Waals surface area contributed by atoms with E-state index in [1.54, 1.807) is 7.11 Å². The summed E-state index contributed by atoms with van der Waals surface area (Å²) in [6, 6.07) is 5.81. The molecule has 1 fully saturated rings. The van der Waals surface area contributed by atoms with Gasteiger partial charge >= 0.3 is 0 Å². The highest BCUT2D eigenvalue weighted by Crippen LogP contribution is 2.45. The van der Waals surface area contributed by atoms with Gasteiger partial charge in [0, 0.05) is 24.2 Å². The van der Waals surface area contributed by atoms with Crippen molar-refractivity contribution >= 4 is 33.9 Å². The van der Waals surface area contributed by atoms with E-state index in [1.165, 1.54) is 25.2 Å². The second-order valence-electron chi connectivity index (χ2n) is 7.72. The first-order valence-electron chi connectivity index (χ1n) is 10.6. The number of aromatic nitrogens is 2. The fourth-order valence-corrected chi connectivity index (χ4v) is 4.24. The molecule has 0 radical (unpaired) electrons. The number of methoxy groups -OCH3 is 1. The van der Waals surface area contributed by atoms with Crippen LogP contribution in [0.5, 0.6) is 23.1 Å². The molecular weight excluding hydrogens is 446 g/mol. The summed E-state index contributed by atoms with van der Waals surface area (Å²) in [6.45, 7) is 3.69. The Bertz CT molecular complexity index is 1240. The van der Waals surface area contributed by atoms with E-state index >= 15 is 0 Å². The molecule has 0 aliphatic carbocycles. The minimum absolute atomic E-state index is 0.0471. The number of halogens is 1. The maximum atomic E-state index is 9.73. The van der Waals surface area contributed by atoms with Crippen molar-refractivity contribution in [2.45, 2.75) is 12.8 Å². The van der Waals surface area contributed by atoms with Gasteiger partial charge in [-0.3, -0.25) is 9.88 Å². The van der Waals surface area contributed by atoms with Crippen LogP contribution in [0.3, 0.4) is 0 Å². The Balaban J connectivity index is 1.51. The van der Waals surface area contributed by atoms with Crippen LogP contribution in [-0.4, -0.2) is 55.0 Å². The van der Waals surface area contributed by atoms with E-state index in [9.17, 15) is 5.26 Å². The Morgan fingerprint density at radius 2 is 2.00 bits per heavy atom. The van der Waals surface area contributed by atoms with Gasteiger partial charge in [0.15, 0.2) is 11.5 Å². The molecule has 0 saturated carbocycles. The quantitative estimate of drug-likeness (QED) is 0.549. The molecule has 2 aliphatic heterocycles. The SMILES string of the molecule is COc1cc2c(Nc3c(Cl)cnc4c3OCO4)c(C#N)cnc2cc1OCCN1CCCC1. The van der Waals surface area contributed by atoms with Gasteiger partial charge in [0.05, 0.1) is 35.1 Å². The van der Waals surface area contributed by atoms with Gasteiger partial charge in [0.25, 0.3) is 5.88 Å². The topological polar surface area (TPSA) is 102 Å². The molecule has 0 spiro atoms. The number of nitrogens with zero attached hydrogens (tertiary/aromatic N) is 4. The fourth-order valence-electron chi connectivity index (χ4n) is 4.06. The largest absolute Gasteiger partial charge is 0.493 e. The van der Waals surface area contributed by atoms with Crippen LogP contribution in [0, 0.1) is 11.3 Å². The van der Waals surface area contributed by atoms with Gasteiger partial charge in [-0.2, -0.15) is 5.26 Å². The zero-order valence-corrected chi connectivity index (χ0v) is 18.8. The van der Waals surface area contributed by atoms with E-state index in [0.717, 1.165) is 19.6 Å². The molecule has 33 heavy (non-hydrogen) atoms. The Morgan fingerprint density at radius 1 is 1.15 bits per heavy atom. The highest BCUT2D eigenvalue weighted by molar-refractivity contribution is 6.33. The van der Waals surface area contributed by atoms with E-state index in [1.807, 2.05) is 12.1 Å². The number of hydrogen-bond acceptors (Lipinski definition) is 9. The lowest BCUT2D eigenvalue weighted by molar-refractivity contribution is 0.171. The predicted molar refractivity (Wildman–Crippen MR) is 123 cm³/mol. The second kappa shape index (κ2) is 9.17. The number of hydrogen-bond donors (Lipinski definition) is 1. The molecule has 0 atom stereocenters. The van der Waals surface area contributed by atoms with Crippen molar-refractivity contribution in [3.05, 3.63) is 35.1 Å². The third-order valence-corrected chi connectivity index (χ3v) is 6.03. The molecule has 4 heterocycles. The van der Waals surface area contributed by atoms with Crippen molar-refractivity contribution in [3.8, 4) is 29.2 Å². The normalized spacial score (nSPS) is 14.9. The number of anilines is 2. The van der Waals surface area contributed by atoms with Crippen LogP contribution in [0.15, 0.2) is 24.5 Å². The van der Waals surface area contributed by atoms with Crippen molar-refractivity contribution < 1.29 is 18.9 Å². The van der Waals surface area contributed by atoms with Gasteiger partial charge < -0.3 is 24.3 Å². The van der Waals surface area contributed by atoms with Gasteiger partial charge in [-0.05, 0) is 32.0 Å². The first kappa shape index (κ1) is 21.4. The molecule has 1 saturated heterocycles. The van der Waals surface area contributed by atoms with Crippen LogP contribution in [-0.2, 0) is 0 Å². The lowest BCUT2D eigenvalue weighted by Crippen LogP contribution is -2.25. The maximum Gasteiger partial charge on any atom is 0.262 e. The number of rotatable bonds is 7. The summed E-state index contributed by atoms with van der Waals surface area (Å²) in [6.07, 6.45) is 5.46. The molecule has 3 aromatic rings. The highest BCUT2D eigenvalue weighted by Gasteiger charge is 2.24. The molecule has 5 rings (SSSR count). The average Bonchev–Trinajstić information content (AvgIpc) is 3.52. The Hall–Kier alpha value is -3.48. The first-order valence-corrected chi connectivity index (χ1v) is 11.0. The molecule has 9 nitrogen and oxygen atoms in total. The number of likely N-dealkylation sites (tertiary alicyclic amines) is 1. The van der Waals surface area contributed by atoms with Crippen LogP contribution < -0.4 is 24.3 Å². The van der Waals surface area contributed by atoms with Gasteiger partial charge in [0.2, 0.25) is 12.5 Å². The fraction of sp³-hybridized carbons (Fsp3) is 0.348. The van der Waals surface area contributed by atoms with Crippen LogP contribution >= 0.6 is 11.6 Å². The number of nitriles is 1. The van der Waals surface area contributed by atoms with Crippen molar-refractivity contribution in [3.63, 3.8) is 0 Å². The monoisotopic (exact) mass is 467 g/mol. The minimum Gasteiger partial charge on any atom is -0.493 e. The summed E-state index contributed by atoms with van der Waals surface area (Å²) >= 11 is 6.39. The lowest BCUT2D eigenvalue weighted by Gasteiger charge is -2.18. The standard InChI is InChI=1S/C23H22ClN5O4/c1-30-18-8-15-17(9-19(18)31-7-6-29-4-2-3-5-29)26-11-14(10-25)20(15)28-21-16(24)12-27-23-22(21)32-13-33-23/h8-9,11-12H,2-7,13H2,1H3,(H,26,27,28). The average molecular weight is 468 g/mol. The molecule has 0 unspecified atom stereocenters. The highest BCUT2D eigenvalue weighted by atomic mass is 35.5. The van der Waals surface area contributed by atoms with E-state index in [4.69, 9.17) is 30.5 Å². The Labute approximate surface area is 195 Å². The third-order valence-electron chi connectivity index (χ3n) is 5.74. The number of nitrogens with one attached hydrogen (secondary N) is 1. The zero-order chi connectivity index (χ0) is 22.8. The van der Waals surface area contributed by atoms with E-state index in [0.29, 0.717) is 62.6 Å². The second-order valence-corrected chi connectivity index (χ2v) is 8.13. The lowest BCUT2D eigenvalue weighted by atomic mass is 10.1. The van der Waals surface area contributed by atoms with Gasteiger partial charge in [-0.15, -0.1) is 0 Å². The Kier molecular flexibility index (Phi) is 5.94. The summed E-state index contributed by atoms with van der Waals surface area (Å²) in [5, 5.41) is 14.0. The van der Waals surface area contributed by atoms with Crippen LogP contribution in [0.25, 0.3) is 10.9 Å². The number of fused-ring (bicyclic) bond motifs is 2. The maximum absolute atomic E-state index is 9.73. The smallest absolute Gasteiger partial charge is 0.262 e. The minimum atomic E-state index is 0.0471. The van der Waals surface area contributed by atoms with Crippen molar-refractivity contribution in [1.29, 1.82) is 5.26 Å². The van der Waals surface area contributed by atoms with E-state index in [2.05, 4.69) is 26.3 Å². The summed E-state index contributed by atoms with van der Waals surface area (Å²) in [7, 11) is 1.58. The molecule has 170 valence electrons. The third kappa shape index (κ3) is 4.15. The number of pyridine rings is 2. The van der Waals surface area contributed by atoms with Gasteiger partial charge in [-0.1, -0.05) is 11.6 Å². The van der Waals surface area contributed by atoms with Crippen LogP contribution in [0.4, 0.5) is 11.4 Å². The molecule has 1 N–H and O–H groups in total. The van der Waals surface area contributed by atoms with E-state index in [-0.39, 0.29) is 6.79 Å². The van der Waals surface area contributed by atoms with Crippen molar-refractivity contribution in [1.82, 2.24) is 14.9 Å². The van der Waals surface area contributed by atoms with Gasteiger partial charge in [0.1, 0.15) is 18.4 Å². The molecule has 10 heteroatoms. The summed E-state index contributed by atoms with van der Waals surface area (Å²) in [5.41, 5.74) is 1.98. The van der Waals surface area contributed by atoms with Crippen LogP contribution in [0.1, 0.15) is 18.4 Å². The number of ether oxygens (including phenoxy) is 4.